The van der Waals surface area contributed by atoms with E-state index in [0.29, 0.717) is 23.9 Å². The van der Waals surface area contributed by atoms with E-state index in [0.717, 1.165) is 37.9 Å². The van der Waals surface area contributed by atoms with E-state index in [1.54, 1.807) is 0 Å². The Hall–Kier alpha value is -1.06. The van der Waals surface area contributed by atoms with Crippen molar-refractivity contribution in [2.75, 3.05) is 13.2 Å². The number of hydrogen-bond donors (Lipinski definition) is 0. The van der Waals surface area contributed by atoms with Gasteiger partial charge in [0.2, 0.25) is 0 Å². The van der Waals surface area contributed by atoms with E-state index >= 15 is 0 Å². The molecule has 0 saturated heterocycles. The summed E-state index contributed by atoms with van der Waals surface area (Å²) in [5.41, 5.74) is 0. The van der Waals surface area contributed by atoms with Gasteiger partial charge in [0.1, 0.15) is 13.2 Å². The van der Waals surface area contributed by atoms with E-state index in [1.807, 2.05) is 0 Å². The molecule has 0 fully saturated rings. The van der Waals surface area contributed by atoms with Gasteiger partial charge in [0.25, 0.3) is 0 Å². The molecule has 0 unspecified atom stereocenters. The first-order chi connectivity index (χ1) is 8.56. The van der Waals surface area contributed by atoms with Crippen LogP contribution in [0.3, 0.4) is 0 Å². The first-order valence-corrected chi connectivity index (χ1v) is 6.95. The minimum absolute atomic E-state index is 0.329. The van der Waals surface area contributed by atoms with Gasteiger partial charge in [0, 0.05) is 12.8 Å². The summed E-state index contributed by atoms with van der Waals surface area (Å²) in [5, 5.41) is 0. The molecule has 4 heteroatoms. The highest BCUT2D eigenvalue weighted by molar-refractivity contribution is 5.85. The lowest BCUT2D eigenvalue weighted by molar-refractivity contribution is 0.279. The summed E-state index contributed by atoms with van der Waals surface area (Å²) in [4.78, 5) is 9.17. The molecule has 0 aromatic rings. The SMILES string of the molecule is CC(C)[C@H]1COC(CCC2=N[C@@H](C(C)C)CO2)=N1. The maximum absolute atomic E-state index is 5.60. The van der Waals surface area contributed by atoms with Crippen molar-refractivity contribution >= 4 is 11.8 Å². The molecule has 0 aliphatic carbocycles. The number of rotatable bonds is 5. The monoisotopic (exact) mass is 252 g/mol. The fraction of sp³-hybridized carbons (Fsp3) is 0.857. The summed E-state index contributed by atoms with van der Waals surface area (Å²) in [5.74, 6) is 2.83. The molecule has 4 nitrogen and oxygen atoms in total. The summed E-state index contributed by atoms with van der Waals surface area (Å²) >= 11 is 0. The Balaban J connectivity index is 1.79. The molecule has 0 bridgehead atoms. The Labute approximate surface area is 109 Å². The lowest BCUT2D eigenvalue weighted by Crippen LogP contribution is -2.13. The highest BCUT2D eigenvalue weighted by Crippen LogP contribution is 2.19. The summed E-state index contributed by atoms with van der Waals surface area (Å²) in [7, 11) is 0. The molecule has 0 aromatic heterocycles. The molecule has 2 aliphatic heterocycles. The average molecular weight is 252 g/mol. The van der Waals surface area contributed by atoms with Crippen molar-refractivity contribution in [3.05, 3.63) is 0 Å². The molecule has 2 atom stereocenters. The second kappa shape index (κ2) is 5.72. The molecule has 0 N–H and O–H groups in total. The fourth-order valence-corrected chi connectivity index (χ4v) is 2.05. The van der Waals surface area contributed by atoms with Gasteiger partial charge in [-0.15, -0.1) is 0 Å². The quantitative estimate of drug-likeness (QED) is 0.755. The molecule has 0 saturated carbocycles. The van der Waals surface area contributed by atoms with Gasteiger partial charge < -0.3 is 9.47 Å². The van der Waals surface area contributed by atoms with Crippen molar-refractivity contribution in [2.45, 2.75) is 52.6 Å². The standard InChI is InChI=1S/C14H24N2O2/c1-9(2)11-7-17-13(15-11)5-6-14-16-12(8-18-14)10(3)4/h9-12H,5-8H2,1-4H3/t11-,12-/m1/s1. The third-order valence-corrected chi connectivity index (χ3v) is 3.55. The van der Waals surface area contributed by atoms with Crippen LogP contribution in [0, 0.1) is 11.8 Å². The third kappa shape index (κ3) is 3.24. The van der Waals surface area contributed by atoms with Gasteiger partial charge in [0.15, 0.2) is 11.8 Å². The Morgan fingerprint density at radius 1 is 0.889 bits per heavy atom. The van der Waals surface area contributed by atoms with Crippen LogP contribution in [0.5, 0.6) is 0 Å². The fourth-order valence-electron chi connectivity index (χ4n) is 2.05. The summed E-state index contributed by atoms with van der Waals surface area (Å²) < 4.78 is 11.2. The van der Waals surface area contributed by atoms with Crippen LogP contribution < -0.4 is 0 Å². The molecule has 0 aromatic carbocycles. The van der Waals surface area contributed by atoms with E-state index in [-0.39, 0.29) is 0 Å². The van der Waals surface area contributed by atoms with Gasteiger partial charge in [-0.1, -0.05) is 27.7 Å². The predicted octanol–water partition coefficient (Wildman–Crippen LogP) is 2.67. The average Bonchev–Trinajstić information content (AvgIpc) is 2.95. The van der Waals surface area contributed by atoms with E-state index in [4.69, 9.17) is 9.47 Å². The van der Waals surface area contributed by atoms with Gasteiger partial charge in [0.05, 0.1) is 12.1 Å². The minimum atomic E-state index is 0.329. The Bertz CT molecular complexity index is 314. The largest absolute Gasteiger partial charge is 0.479 e. The van der Waals surface area contributed by atoms with E-state index in [2.05, 4.69) is 37.7 Å². The van der Waals surface area contributed by atoms with Gasteiger partial charge in [-0.05, 0) is 11.8 Å². The lowest BCUT2D eigenvalue weighted by atomic mass is 10.1. The van der Waals surface area contributed by atoms with Gasteiger partial charge in [-0.3, -0.25) is 0 Å². The van der Waals surface area contributed by atoms with Crippen LogP contribution in [0.1, 0.15) is 40.5 Å². The highest BCUT2D eigenvalue weighted by Gasteiger charge is 2.24. The van der Waals surface area contributed by atoms with Crippen molar-refractivity contribution in [1.29, 1.82) is 0 Å². The molecule has 2 aliphatic rings. The van der Waals surface area contributed by atoms with Gasteiger partial charge in [-0.2, -0.15) is 0 Å². The van der Waals surface area contributed by atoms with Crippen molar-refractivity contribution < 1.29 is 9.47 Å². The van der Waals surface area contributed by atoms with Crippen molar-refractivity contribution in [1.82, 2.24) is 0 Å². The molecular weight excluding hydrogens is 228 g/mol. The summed E-state index contributed by atoms with van der Waals surface area (Å²) in [6.07, 6.45) is 1.62. The number of nitrogens with zero attached hydrogens (tertiary/aromatic N) is 2. The van der Waals surface area contributed by atoms with Crippen LogP contribution >= 0.6 is 0 Å². The Morgan fingerprint density at radius 3 is 1.56 bits per heavy atom. The number of aliphatic imine (C=N–C) groups is 2. The first-order valence-electron chi connectivity index (χ1n) is 6.95. The maximum atomic E-state index is 5.60. The van der Waals surface area contributed by atoms with Crippen LogP contribution in [-0.2, 0) is 9.47 Å². The van der Waals surface area contributed by atoms with Crippen molar-refractivity contribution in [3.8, 4) is 0 Å². The number of ether oxygens (including phenoxy) is 2. The molecule has 2 rings (SSSR count). The molecule has 102 valence electrons. The second-order valence-corrected chi connectivity index (χ2v) is 5.79. The Kier molecular flexibility index (Phi) is 4.25. The molecule has 0 amide bonds. The first kappa shape index (κ1) is 13.4. The topological polar surface area (TPSA) is 43.2 Å². The third-order valence-electron chi connectivity index (χ3n) is 3.55. The van der Waals surface area contributed by atoms with Crippen LogP contribution in [0.15, 0.2) is 9.98 Å². The van der Waals surface area contributed by atoms with Gasteiger partial charge in [-0.25, -0.2) is 9.98 Å². The predicted molar refractivity (Wildman–Crippen MR) is 73.3 cm³/mol. The molecular formula is C14H24N2O2. The van der Waals surface area contributed by atoms with E-state index < -0.39 is 0 Å². The van der Waals surface area contributed by atoms with Crippen LogP contribution in [-0.4, -0.2) is 37.1 Å². The molecule has 2 heterocycles. The number of hydrogen-bond acceptors (Lipinski definition) is 4. The van der Waals surface area contributed by atoms with Crippen LogP contribution in [0.25, 0.3) is 0 Å². The minimum Gasteiger partial charge on any atom is -0.479 e. The van der Waals surface area contributed by atoms with Crippen molar-refractivity contribution in [3.63, 3.8) is 0 Å². The molecule has 18 heavy (non-hydrogen) atoms. The maximum Gasteiger partial charge on any atom is 0.184 e. The molecule has 0 spiro atoms. The lowest BCUT2D eigenvalue weighted by Gasteiger charge is -2.06. The summed E-state index contributed by atoms with van der Waals surface area (Å²) in [6.45, 7) is 10.2. The van der Waals surface area contributed by atoms with Gasteiger partial charge >= 0.3 is 0 Å². The molecule has 0 radical (unpaired) electrons. The van der Waals surface area contributed by atoms with E-state index in [9.17, 15) is 0 Å². The van der Waals surface area contributed by atoms with Crippen LogP contribution in [0.4, 0.5) is 0 Å². The zero-order valence-electron chi connectivity index (χ0n) is 11.8. The highest BCUT2D eigenvalue weighted by atomic mass is 16.5. The van der Waals surface area contributed by atoms with E-state index in [1.165, 1.54) is 0 Å². The smallest absolute Gasteiger partial charge is 0.184 e. The van der Waals surface area contributed by atoms with Crippen LogP contribution in [0.2, 0.25) is 0 Å². The Morgan fingerprint density at radius 2 is 1.28 bits per heavy atom. The van der Waals surface area contributed by atoms with Crippen molar-refractivity contribution in [2.24, 2.45) is 21.8 Å². The normalized spacial score (nSPS) is 27.2. The zero-order chi connectivity index (χ0) is 13.1. The summed E-state index contributed by atoms with van der Waals surface area (Å²) in [6, 6.07) is 0.657. The zero-order valence-corrected chi connectivity index (χ0v) is 11.8. The second-order valence-electron chi connectivity index (χ2n) is 5.79.